The van der Waals surface area contributed by atoms with Crippen molar-refractivity contribution in [3.05, 3.63) is 140 Å². The van der Waals surface area contributed by atoms with Gasteiger partial charge in [0, 0.05) is 178 Å². The van der Waals surface area contributed by atoms with Crippen molar-refractivity contribution in [3.63, 3.8) is 0 Å². The number of hydrogen-bond donors (Lipinski definition) is 1. The summed E-state index contributed by atoms with van der Waals surface area (Å²) in [7, 11) is 1.70. The van der Waals surface area contributed by atoms with E-state index in [2.05, 4.69) is 85.0 Å². The second-order valence-electron chi connectivity index (χ2n) is 49.8. The molecule has 0 heterocycles. The van der Waals surface area contributed by atoms with E-state index in [1.165, 1.54) is 27.4 Å². The number of rotatable bonds is 42. The average molecular weight is 2080 g/mol. The van der Waals surface area contributed by atoms with E-state index in [4.69, 9.17) is 0 Å². The predicted octanol–water partition coefficient (Wildman–Crippen LogP) is 25.6. The zero-order chi connectivity index (χ0) is 118. The highest BCUT2D eigenvalue weighted by Gasteiger charge is 2.29. The smallest absolute Gasteiger partial charge is 0.246 e. The molecule has 25 heteroatoms. The van der Waals surface area contributed by atoms with Crippen LogP contribution in [-0.4, -0.2) is 174 Å². The Bertz CT molecular complexity index is 4700. The summed E-state index contributed by atoms with van der Waals surface area (Å²) < 4.78 is 23.7. The lowest BCUT2D eigenvalue weighted by Crippen LogP contribution is -2.36. The molecule has 0 aliphatic heterocycles. The molecule has 3 amide bonds. The minimum absolute atomic E-state index is 0.0110. The first kappa shape index (κ1) is 154. The van der Waals surface area contributed by atoms with Crippen LogP contribution in [0.1, 0.15) is 399 Å². The van der Waals surface area contributed by atoms with Gasteiger partial charge in [-0.1, -0.05) is 335 Å². The molecule has 1 aromatic carbocycles. The van der Waals surface area contributed by atoms with Crippen LogP contribution in [0, 0.1) is 82.7 Å². The zero-order valence-corrected chi connectivity index (χ0v) is 101. The summed E-state index contributed by atoms with van der Waals surface area (Å²) in [5.74, 6) is 6.45. The zero-order valence-electron chi connectivity index (χ0n) is 100. The first-order chi connectivity index (χ1) is 65.9. The number of carbonyl (C=O) groups excluding carboxylic acids is 18. The van der Waals surface area contributed by atoms with Crippen molar-refractivity contribution >= 4 is 121 Å². The van der Waals surface area contributed by atoms with Gasteiger partial charge in [0.05, 0.1) is 13.1 Å². The molecule has 836 valence electrons. The molecule has 24 nitrogen and oxygen atoms in total. The van der Waals surface area contributed by atoms with Gasteiger partial charge in [-0.05, 0) is 143 Å². The molecule has 0 radical (unpaired) electrons. The maximum Gasteiger partial charge on any atom is 0.246 e. The second-order valence-corrected chi connectivity index (χ2v) is 51.8. The number of nitrogens with zero attached hydrogens (tertiary/aromatic N) is 3. The van der Waals surface area contributed by atoms with Gasteiger partial charge >= 0.3 is 0 Å². The van der Waals surface area contributed by atoms with E-state index in [1.807, 2.05) is 284 Å². The van der Waals surface area contributed by atoms with Gasteiger partial charge in [0.15, 0.2) is 46.3 Å². The normalized spacial score (nSPS) is 11.8. The minimum Gasteiger partial charge on any atom is -0.345 e. The van der Waals surface area contributed by atoms with Crippen LogP contribution < -0.4 is 5.32 Å². The highest BCUT2D eigenvalue weighted by molar-refractivity contribution is 7.92. The lowest BCUT2D eigenvalue weighted by Gasteiger charge is -2.26. The molecule has 0 spiro atoms. The van der Waals surface area contributed by atoms with Gasteiger partial charge in [0.25, 0.3) is 0 Å². The first-order valence-corrected chi connectivity index (χ1v) is 52.5. The summed E-state index contributed by atoms with van der Waals surface area (Å²) >= 11 is 0. The van der Waals surface area contributed by atoms with Crippen LogP contribution in [0.15, 0.2) is 134 Å². The Kier molecular flexibility index (Phi) is 78.5. The number of benzene rings is 1. The summed E-state index contributed by atoms with van der Waals surface area (Å²) in [6, 6.07) is 9.72. The average Bonchev–Trinajstić information content (AvgIpc) is 0.872. The van der Waals surface area contributed by atoms with E-state index in [-0.39, 0.29) is 205 Å². The topological polar surface area (TPSA) is 363 Å². The standard InChI is InChI=1S/C17H22O2.C15H24O3.C13H23NO2.C13H22O2.C12H19NO3.C12H20O2.C11H20O.C11H18O.C10H17NO2.C8H17NO2S/c1-17(2,3)16(19)11-7-10-15(18)13-12-14-8-5-4-6-9-14;1-11(2)10-13(17)7-6-12(16)8-9-14(18)15(3,4)5;1-6-7-11(15)8-9-12(16)14(5)10-13(2,3)4;1-10(2)6-7-11(14)8-9-12(15)13(3,4)5;1-5-11(16)13-8-9(14)6-7-10(15)12(2,3)4;1-5-10(13)8-6-7-9-11(14)12(2,3)4;2*1-10(2,3)8-7-9(12)11(4,5)6;1-6-9(13)11(5)7-8(12)10(2,3)4;1-6-12(10,11)9(5)7-8(2,3)4/h4-6,8-9,12-13H,7,10-11H2,1-3H3;10H,6-9H2,1-5H3;6-7H,8-10H2,1-5H3;6-7,10H,8-9H2,1-5H3;5H,1,6-8H2,2-4H3,(H,13,16);5H,1,6-9H2,2-4H3;7-8H,1-6H3;1-6H3;6H,1,7H2,2-5H3;6H,1,7H2,2-5H3/b13-12+;;2*7-6+;;;8-7+;;;. The van der Waals surface area contributed by atoms with Crippen LogP contribution in [0.3, 0.4) is 0 Å². The highest BCUT2D eigenvalue weighted by atomic mass is 32.2. The third kappa shape index (κ3) is 101. The van der Waals surface area contributed by atoms with Gasteiger partial charge in [0.2, 0.25) is 33.5 Å². The molecule has 0 aromatic heterocycles. The van der Waals surface area contributed by atoms with Crippen molar-refractivity contribution in [1.82, 2.24) is 19.4 Å². The number of amides is 3. The van der Waals surface area contributed by atoms with Crippen molar-refractivity contribution < 1.29 is 94.7 Å². The van der Waals surface area contributed by atoms with Crippen molar-refractivity contribution in [2.75, 3.05) is 47.3 Å². The lowest BCUT2D eigenvalue weighted by molar-refractivity contribution is -0.133. The van der Waals surface area contributed by atoms with Crippen LogP contribution in [-0.2, 0) is 96.3 Å². The second kappa shape index (κ2) is 74.7. The van der Waals surface area contributed by atoms with Crippen molar-refractivity contribution in [1.29, 1.82) is 0 Å². The molecule has 1 rings (SSSR count). The molecule has 0 saturated carbocycles. The van der Waals surface area contributed by atoms with Crippen LogP contribution in [0.5, 0.6) is 0 Å². The lowest BCUT2D eigenvalue weighted by atomic mass is 9.87. The fraction of sp³-hybridized carbons (Fsp3) is 0.639. The van der Waals surface area contributed by atoms with Gasteiger partial charge in [-0.15, -0.1) is 0 Å². The Morgan fingerprint density at radius 3 is 1.14 bits per heavy atom. The van der Waals surface area contributed by atoms with Gasteiger partial charge in [-0.3, -0.25) is 86.3 Å². The molecule has 0 aliphatic carbocycles. The van der Waals surface area contributed by atoms with Crippen LogP contribution in [0.25, 0.3) is 6.08 Å². The molecule has 0 bridgehead atoms. The van der Waals surface area contributed by atoms with Crippen LogP contribution in [0.2, 0.25) is 0 Å². The van der Waals surface area contributed by atoms with Gasteiger partial charge < -0.3 is 15.1 Å². The summed E-state index contributed by atoms with van der Waals surface area (Å²) in [6.07, 6.45) is 25.8. The Hall–Kier alpha value is -10.2. The first-order valence-electron chi connectivity index (χ1n) is 51.0. The number of sulfonamides is 1. The molecule has 0 fully saturated rings. The molecular weight excluding hydrogens is 1870 g/mol. The molecule has 0 saturated heterocycles. The number of unbranched alkanes of at least 4 members (excludes halogenated alkanes) is 1. The Labute approximate surface area is 892 Å². The van der Waals surface area contributed by atoms with Crippen LogP contribution in [0.4, 0.5) is 0 Å². The maximum atomic E-state index is 11.7. The molecule has 147 heavy (non-hydrogen) atoms. The van der Waals surface area contributed by atoms with Crippen molar-refractivity contribution in [2.45, 2.75) is 393 Å². The van der Waals surface area contributed by atoms with E-state index >= 15 is 0 Å². The van der Waals surface area contributed by atoms with E-state index < -0.39 is 26.3 Å². The monoisotopic (exact) mass is 2080 g/mol. The number of allylic oxidation sites excluding steroid dienone is 10. The van der Waals surface area contributed by atoms with Gasteiger partial charge in [0.1, 0.15) is 34.7 Å². The molecule has 0 atom stereocenters. The van der Waals surface area contributed by atoms with E-state index in [1.54, 1.807) is 63.3 Å². The van der Waals surface area contributed by atoms with Gasteiger partial charge in [-0.25, -0.2) is 12.7 Å². The third-order valence-corrected chi connectivity index (χ3v) is 21.2. The minimum atomic E-state index is -3.23. The summed E-state index contributed by atoms with van der Waals surface area (Å²) in [4.78, 5) is 208. The molecule has 0 unspecified atom stereocenters. The Balaban J connectivity index is -0.000000206. The van der Waals surface area contributed by atoms with E-state index in [9.17, 15) is 94.7 Å². The quantitative estimate of drug-likeness (QED) is 0.0275. The third-order valence-electron chi connectivity index (χ3n) is 19.7. The number of carbonyl (C=O) groups is 18. The Morgan fingerprint density at radius 1 is 0.395 bits per heavy atom. The predicted molar refractivity (Wildman–Crippen MR) is 608 cm³/mol. The molecule has 1 aromatic rings. The van der Waals surface area contributed by atoms with Gasteiger partial charge in [-0.2, -0.15) is 0 Å². The number of hydrogen-bond acceptors (Lipinski definition) is 20. The fourth-order valence-electron chi connectivity index (χ4n) is 10.1. The summed E-state index contributed by atoms with van der Waals surface area (Å²) in [6.45, 7) is 93.6. The maximum absolute atomic E-state index is 11.7. The van der Waals surface area contributed by atoms with E-state index in [0.717, 1.165) is 35.5 Å². The van der Waals surface area contributed by atoms with Crippen molar-refractivity contribution in [2.24, 2.45) is 70.9 Å². The Morgan fingerprint density at radius 2 is 0.776 bits per heavy atom. The number of ketones is 15. The SMILES string of the molecule is C/C=C/C(=O)CCC(=O)N(C)CC(C)(C)C.C=CC(=O)CCCCC(=O)C(C)(C)C.C=CC(=O)N(C)CC(=O)C(C)(C)C.C=CC(=O)NCC(=O)CCC(=O)C(C)(C)C.C=CS(=O)(=O)N(C)CC(C)(C)C.CC(C)(C)/C=C/C(=O)C(C)(C)C.CC(C)(C)C#CC(=O)C(C)(C)C.CC(C)(C)C(=O)CCCC(=O)/C=C/c1ccccc1.CC(C)/C=C/C(=O)CCC(=O)C(C)(C)C.CC(C)=CC(=O)CCC(=O)CCC(=O)C(C)(C)C. The fourth-order valence-corrected chi connectivity index (χ4v) is 11.0. The molecule has 1 N–H and O–H groups in total. The highest BCUT2D eigenvalue weighted by Crippen LogP contribution is 2.26. The number of Topliss-reactive ketones (excluding diaryl/α,β-unsaturated/α-hetero) is 9. The summed E-state index contributed by atoms with van der Waals surface area (Å²) in [5, 5.41) is 3.35. The van der Waals surface area contributed by atoms with Crippen molar-refractivity contribution in [3.8, 4) is 11.8 Å². The molecule has 0 aliphatic rings. The van der Waals surface area contributed by atoms with Crippen LogP contribution >= 0.6 is 0 Å². The summed E-state index contributed by atoms with van der Waals surface area (Å²) in [5.41, 5.74) is -0.618. The van der Waals surface area contributed by atoms with E-state index in [0.29, 0.717) is 76.8 Å². The number of likely N-dealkylation sites (N-methyl/N-ethyl adjacent to an activating group) is 1. The number of nitrogens with one attached hydrogen (secondary N) is 1. The largest absolute Gasteiger partial charge is 0.345 e. The molecular formula is C122H202N4O20S.